The van der Waals surface area contributed by atoms with E-state index >= 15 is 0 Å². The first-order valence-corrected chi connectivity index (χ1v) is 9.49. The number of hydrogen-bond donors (Lipinski definition) is 2. The molecule has 7 heteroatoms. The first kappa shape index (κ1) is 18.1. The Morgan fingerprint density at radius 1 is 1.26 bits per heavy atom. The van der Waals surface area contributed by atoms with Crippen LogP contribution in [0.1, 0.15) is 48.2 Å². The molecule has 2 saturated heterocycles. The van der Waals surface area contributed by atoms with E-state index in [1.165, 1.54) is 0 Å². The zero-order valence-electron chi connectivity index (χ0n) is 15.8. The largest absolute Gasteiger partial charge is 0.326 e. The Balaban J connectivity index is 1.55. The maximum Gasteiger partial charge on any atom is 0.255 e. The number of rotatable bonds is 3. The zero-order valence-corrected chi connectivity index (χ0v) is 15.8. The van der Waals surface area contributed by atoms with Gasteiger partial charge in [0.15, 0.2) is 0 Å². The molecule has 3 amide bonds. The van der Waals surface area contributed by atoms with Gasteiger partial charge in [0, 0.05) is 44.2 Å². The first-order valence-electron chi connectivity index (χ1n) is 9.49. The third-order valence-corrected chi connectivity index (χ3v) is 6.12. The van der Waals surface area contributed by atoms with Gasteiger partial charge in [-0.2, -0.15) is 0 Å². The highest BCUT2D eigenvalue weighted by molar-refractivity contribution is 6.05. The van der Waals surface area contributed by atoms with E-state index in [0.29, 0.717) is 25.1 Å². The van der Waals surface area contributed by atoms with Crippen molar-refractivity contribution in [3.8, 4) is 0 Å². The van der Waals surface area contributed by atoms with E-state index in [9.17, 15) is 14.4 Å². The quantitative estimate of drug-likeness (QED) is 0.761. The standard InChI is InChI=1S/C20H26N4O3/c1-20(2)11-23(10-15(20)21)8-12-4-3-5-13-9-24(19(27)17(12)13)14-6-7-16(25)22-18(14)26/h3-5,14-15H,6-11,21H2,1-2H3,(H,22,25,26). The zero-order chi connectivity index (χ0) is 19.3. The summed E-state index contributed by atoms with van der Waals surface area (Å²) >= 11 is 0. The maximum atomic E-state index is 13.1. The summed E-state index contributed by atoms with van der Waals surface area (Å²) in [6.07, 6.45) is 0.652. The van der Waals surface area contributed by atoms with Gasteiger partial charge in [0.2, 0.25) is 11.8 Å². The molecule has 3 heterocycles. The number of nitrogens with two attached hydrogens (primary N) is 1. The van der Waals surface area contributed by atoms with Crippen LogP contribution in [0.5, 0.6) is 0 Å². The maximum absolute atomic E-state index is 13.1. The summed E-state index contributed by atoms with van der Waals surface area (Å²) in [5.41, 5.74) is 8.95. The summed E-state index contributed by atoms with van der Waals surface area (Å²) in [4.78, 5) is 40.6. The SMILES string of the molecule is CC1(C)CN(Cc2cccc3c2C(=O)N(C2CCC(=O)NC2=O)C3)CC1N. The molecule has 0 aromatic heterocycles. The Morgan fingerprint density at radius 2 is 2.04 bits per heavy atom. The van der Waals surface area contributed by atoms with Gasteiger partial charge in [-0.15, -0.1) is 0 Å². The average Bonchev–Trinajstić information content (AvgIpc) is 3.04. The molecule has 1 aromatic carbocycles. The topological polar surface area (TPSA) is 95.7 Å². The van der Waals surface area contributed by atoms with Crippen molar-refractivity contribution in [3.63, 3.8) is 0 Å². The number of piperidine rings is 1. The number of carbonyl (C=O) groups excluding carboxylic acids is 3. The van der Waals surface area contributed by atoms with Crippen LogP contribution in [-0.2, 0) is 22.7 Å². The number of carbonyl (C=O) groups is 3. The number of imide groups is 1. The van der Waals surface area contributed by atoms with Crippen molar-refractivity contribution in [3.05, 3.63) is 34.9 Å². The van der Waals surface area contributed by atoms with Crippen molar-refractivity contribution in [2.45, 2.75) is 51.9 Å². The molecule has 1 aromatic rings. The van der Waals surface area contributed by atoms with Crippen LogP contribution in [0, 0.1) is 5.41 Å². The van der Waals surface area contributed by atoms with Gasteiger partial charge < -0.3 is 10.6 Å². The molecule has 0 saturated carbocycles. The highest BCUT2D eigenvalue weighted by atomic mass is 16.2. The lowest BCUT2D eigenvalue weighted by Crippen LogP contribution is -2.52. The number of benzene rings is 1. The van der Waals surface area contributed by atoms with Crippen molar-refractivity contribution in [2.75, 3.05) is 13.1 Å². The number of likely N-dealkylation sites (tertiary alicyclic amines) is 1. The van der Waals surface area contributed by atoms with Gasteiger partial charge in [-0.1, -0.05) is 32.0 Å². The Labute approximate surface area is 158 Å². The minimum atomic E-state index is -0.574. The van der Waals surface area contributed by atoms with Gasteiger partial charge in [0.1, 0.15) is 6.04 Å². The molecule has 2 unspecified atom stereocenters. The van der Waals surface area contributed by atoms with Crippen molar-refractivity contribution < 1.29 is 14.4 Å². The molecule has 0 aliphatic carbocycles. The molecule has 144 valence electrons. The van der Waals surface area contributed by atoms with Crippen molar-refractivity contribution in [1.29, 1.82) is 0 Å². The van der Waals surface area contributed by atoms with E-state index in [1.54, 1.807) is 4.90 Å². The normalized spacial score (nSPS) is 27.8. The third-order valence-electron chi connectivity index (χ3n) is 6.12. The molecule has 27 heavy (non-hydrogen) atoms. The second-order valence-electron chi connectivity index (χ2n) is 8.62. The van der Waals surface area contributed by atoms with Crippen LogP contribution >= 0.6 is 0 Å². The summed E-state index contributed by atoms with van der Waals surface area (Å²) in [7, 11) is 0. The number of nitrogens with zero attached hydrogens (tertiary/aromatic N) is 2. The molecule has 2 atom stereocenters. The molecular formula is C20H26N4O3. The van der Waals surface area contributed by atoms with Crippen molar-refractivity contribution in [1.82, 2.24) is 15.1 Å². The molecule has 4 rings (SSSR count). The summed E-state index contributed by atoms with van der Waals surface area (Å²) in [5.74, 6) is -0.756. The molecule has 3 aliphatic rings. The lowest BCUT2D eigenvalue weighted by molar-refractivity contribution is -0.136. The van der Waals surface area contributed by atoms with Crippen LogP contribution in [0.4, 0.5) is 0 Å². The Hall–Kier alpha value is -2.25. The lowest BCUT2D eigenvalue weighted by Gasteiger charge is -2.29. The monoisotopic (exact) mass is 370 g/mol. The second-order valence-corrected chi connectivity index (χ2v) is 8.62. The minimum Gasteiger partial charge on any atom is -0.326 e. The van der Waals surface area contributed by atoms with Gasteiger partial charge >= 0.3 is 0 Å². The van der Waals surface area contributed by atoms with Crippen LogP contribution < -0.4 is 11.1 Å². The smallest absolute Gasteiger partial charge is 0.255 e. The molecule has 0 spiro atoms. The Bertz CT molecular complexity index is 819. The number of amides is 3. The highest BCUT2D eigenvalue weighted by Gasteiger charge is 2.41. The predicted octanol–water partition coefficient (Wildman–Crippen LogP) is 0.617. The highest BCUT2D eigenvalue weighted by Crippen LogP contribution is 2.33. The van der Waals surface area contributed by atoms with Crippen molar-refractivity contribution in [2.24, 2.45) is 11.1 Å². The first-order chi connectivity index (χ1) is 12.8. The molecule has 0 bridgehead atoms. The summed E-state index contributed by atoms with van der Waals surface area (Å²) in [5, 5.41) is 2.35. The summed E-state index contributed by atoms with van der Waals surface area (Å²) in [6, 6.07) is 5.44. The Kier molecular flexibility index (Phi) is 4.31. The molecule has 7 nitrogen and oxygen atoms in total. The lowest BCUT2D eigenvalue weighted by atomic mass is 9.89. The van der Waals surface area contributed by atoms with Gasteiger partial charge in [-0.3, -0.25) is 24.6 Å². The van der Waals surface area contributed by atoms with E-state index in [1.807, 2.05) is 18.2 Å². The second kappa shape index (κ2) is 6.42. The fraction of sp³-hybridized carbons (Fsp3) is 0.550. The number of nitrogens with one attached hydrogen (secondary N) is 1. The predicted molar refractivity (Wildman–Crippen MR) is 99.5 cm³/mol. The Morgan fingerprint density at radius 3 is 2.70 bits per heavy atom. The van der Waals surface area contributed by atoms with Crippen molar-refractivity contribution >= 4 is 17.7 Å². The summed E-state index contributed by atoms with van der Waals surface area (Å²) in [6.45, 7) is 7.13. The van der Waals surface area contributed by atoms with Crippen LogP contribution in [-0.4, -0.2) is 52.7 Å². The van der Waals surface area contributed by atoms with Crippen LogP contribution in [0.15, 0.2) is 18.2 Å². The molecule has 0 radical (unpaired) electrons. The van der Waals surface area contributed by atoms with E-state index in [4.69, 9.17) is 5.73 Å². The molecular weight excluding hydrogens is 344 g/mol. The van der Waals surface area contributed by atoms with E-state index in [-0.39, 0.29) is 35.6 Å². The van der Waals surface area contributed by atoms with E-state index < -0.39 is 6.04 Å². The van der Waals surface area contributed by atoms with Gasteiger partial charge in [0.05, 0.1) is 0 Å². The molecule has 2 fully saturated rings. The third kappa shape index (κ3) is 3.15. The van der Waals surface area contributed by atoms with Crippen LogP contribution in [0.3, 0.4) is 0 Å². The average molecular weight is 370 g/mol. The van der Waals surface area contributed by atoms with E-state index in [0.717, 1.165) is 24.2 Å². The van der Waals surface area contributed by atoms with Gasteiger partial charge in [0.25, 0.3) is 5.91 Å². The minimum absolute atomic E-state index is 0.0563. The van der Waals surface area contributed by atoms with E-state index in [2.05, 4.69) is 24.1 Å². The number of hydrogen-bond acceptors (Lipinski definition) is 5. The molecule has 3 N–H and O–H groups in total. The van der Waals surface area contributed by atoms with Crippen LogP contribution in [0.2, 0.25) is 0 Å². The molecule has 3 aliphatic heterocycles. The fourth-order valence-corrected chi connectivity index (χ4v) is 4.47. The van der Waals surface area contributed by atoms with Crippen LogP contribution in [0.25, 0.3) is 0 Å². The summed E-state index contributed by atoms with van der Waals surface area (Å²) < 4.78 is 0. The fourth-order valence-electron chi connectivity index (χ4n) is 4.47. The number of fused-ring (bicyclic) bond motifs is 1. The van der Waals surface area contributed by atoms with Gasteiger partial charge in [-0.25, -0.2) is 0 Å². The van der Waals surface area contributed by atoms with Gasteiger partial charge in [-0.05, 0) is 23.0 Å².